The predicted molar refractivity (Wildman–Crippen MR) is 41.6 cm³/mol. The summed E-state index contributed by atoms with van der Waals surface area (Å²) in [6.07, 6.45) is -0.360. The van der Waals surface area contributed by atoms with Crippen LogP contribution >= 0.6 is 0 Å². The van der Waals surface area contributed by atoms with Crippen molar-refractivity contribution in [1.29, 1.82) is 0 Å². The lowest BCUT2D eigenvalue weighted by atomic mass is 10.3. The van der Waals surface area contributed by atoms with E-state index in [-0.39, 0.29) is 6.42 Å². The molecule has 1 rings (SSSR count). The van der Waals surface area contributed by atoms with Crippen LogP contribution in [-0.2, 0) is 14.4 Å². The number of hydrogen-bond donors (Lipinski definition) is 3. The molecule has 0 aromatic rings. The number of aliphatic hydroxyl groups excluding tert-OH is 1. The maximum Gasteiger partial charge on any atom is 0.327 e. The molecule has 1 atom stereocenters. The molecule has 1 aliphatic rings. The topological polar surface area (TPSA) is 104 Å². The first-order chi connectivity index (χ1) is 5.97. The standard InChI is InChI=1S/C4H5NO3.C3H4O2/c6-2-1-3(7)5-4(2)8;1-2-3(4)5/h2,6H,1H2,(H,5,7,8);2H,1H2,(H,4,5). The van der Waals surface area contributed by atoms with Gasteiger partial charge < -0.3 is 10.2 Å². The molecule has 0 aliphatic carbocycles. The fourth-order valence-electron chi connectivity index (χ4n) is 0.540. The maximum atomic E-state index is 10.2. The number of nitrogens with one attached hydrogen (secondary N) is 1. The number of aliphatic hydroxyl groups is 1. The molecule has 0 radical (unpaired) electrons. The molecule has 1 fully saturated rings. The van der Waals surface area contributed by atoms with E-state index < -0.39 is 23.9 Å². The Morgan fingerprint density at radius 2 is 2.08 bits per heavy atom. The van der Waals surface area contributed by atoms with E-state index in [1.807, 2.05) is 5.32 Å². The van der Waals surface area contributed by atoms with Crippen LogP contribution in [0.5, 0.6) is 0 Å². The fraction of sp³-hybridized carbons (Fsp3) is 0.286. The Morgan fingerprint density at radius 3 is 2.15 bits per heavy atom. The van der Waals surface area contributed by atoms with Gasteiger partial charge in [0, 0.05) is 6.08 Å². The molecular weight excluding hydrogens is 178 g/mol. The number of imide groups is 1. The summed E-state index contributed by atoms with van der Waals surface area (Å²) in [5.41, 5.74) is 0. The zero-order valence-corrected chi connectivity index (χ0v) is 6.69. The number of carbonyl (C=O) groups is 3. The van der Waals surface area contributed by atoms with E-state index in [1.54, 1.807) is 0 Å². The third-order valence-electron chi connectivity index (χ3n) is 1.12. The maximum absolute atomic E-state index is 10.2. The van der Waals surface area contributed by atoms with E-state index in [0.717, 1.165) is 6.08 Å². The molecule has 6 heteroatoms. The smallest absolute Gasteiger partial charge is 0.327 e. The SMILES string of the molecule is C=CC(=O)O.O=C1CC(O)C(=O)N1. The van der Waals surface area contributed by atoms with Crippen LogP contribution in [0.25, 0.3) is 0 Å². The molecule has 2 amide bonds. The van der Waals surface area contributed by atoms with Crippen LogP contribution < -0.4 is 5.32 Å². The second-order valence-corrected chi connectivity index (χ2v) is 2.17. The highest BCUT2D eigenvalue weighted by molar-refractivity contribution is 6.04. The van der Waals surface area contributed by atoms with Gasteiger partial charge in [-0.1, -0.05) is 6.58 Å². The van der Waals surface area contributed by atoms with Gasteiger partial charge in [0.25, 0.3) is 5.91 Å². The van der Waals surface area contributed by atoms with Crippen molar-refractivity contribution in [2.24, 2.45) is 0 Å². The van der Waals surface area contributed by atoms with E-state index >= 15 is 0 Å². The van der Waals surface area contributed by atoms with E-state index in [0.29, 0.717) is 0 Å². The van der Waals surface area contributed by atoms with E-state index in [2.05, 4.69) is 6.58 Å². The number of aliphatic carboxylic acids is 1. The summed E-state index contributed by atoms with van der Waals surface area (Å²) in [6, 6.07) is 0. The van der Waals surface area contributed by atoms with E-state index in [9.17, 15) is 14.4 Å². The monoisotopic (exact) mass is 187 g/mol. The second kappa shape index (κ2) is 5.04. The summed E-state index contributed by atoms with van der Waals surface area (Å²) in [4.78, 5) is 29.6. The van der Waals surface area contributed by atoms with Crippen molar-refractivity contribution in [2.45, 2.75) is 12.5 Å². The Balaban J connectivity index is 0.000000252. The van der Waals surface area contributed by atoms with Crippen LogP contribution in [-0.4, -0.2) is 34.1 Å². The number of amides is 2. The fourth-order valence-corrected chi connectivity index (χ4v) is 0.540. The highest BCUT2D eigenvalue weighted by Crippen LogP contribution is 1.98. The summed E-state index contributed by atoms with van der Waals surface area (Å²) < 4.78 is 0. The van der Waals surface area contributed by atoms with Crippen LogP contribution in [0.2, 0.25) is 0 Å². The molecule has 0 saturated carbocycles. The van der Waals surface area contributed by atoms with Crippen LogP contribution in [0.15, 0.2) is 12.7 Å². The molecule has 1 unspecified atom stereocenters. The first-order valence-corrected chi connectivity index (χ1v) is 3.34. The average Bonchev–Trinajstić information content (AvgIpc) is 2.31. The van der Waals surface area contributed by atoms with Gasteiger partial charge in [-0.05, 0) is 0 Å². The van der Waals surface area contributed by atoms with Crippen LogP contribution in [0.1, 0.15) is 6.42 Å². The summed E-state index contributed by atoms with van der Waals surface area (Å²) in [5, 5.41) is 18.1. The molecule has 3 N–H and O–H groups in total. The zero-order chi connectivity index (χ0) is 10.4. The van der Waals surface area contributed by atoms with Crippen molar-refractivity contribution in [3.05, 3.63) is 12.7 Å². The Bertz CT molecular complexity index is 247. The van der Waals surface area contributed by atoms with Crippen molar-refractivity contribution >= 4 is 17.8 Å². The number of hydrogen-bond acceptors (Lipinski definition) is 4. The van der Waals surface area contributed by atoms with Crippen molar-refractivity contribution in [2.75, 3.05) is 0 Å². The predicted octanol–water partition coefficient (Wildman–Crippen LogP) is -1.35. The van der Waals surface area contributed by atoms with Gasteiger partial charge in [-0.3, -0.25) is 14.9 Å². The third kappa shape index (κ3) is 4.70. The van der Waals surface area contributed by atoms with Crippen molar-refractivity contribution in [1.82, 2.24) is 5.32 Å². The minimum atomic E-state index is -1.11. The molecule has 72 valence electrons. The lowest BCUT2D eigenvalue weighted by Gasteiger charge is -1.88. The number of carboxylic acids is 1. The third-order valence-corrected chi connectivity index (χ3v) is 1.12. The Labute approximate surface area is 73.9 Å². The van der Waals surface area contributed by atoms with Crippen molar-refractivity contribution in [3.8, 4) is 0 Å². The minimum Gasteiger partial charge on any atom is -0.478 e. The highest BCUT2D eigenvalue weighted by Gasteiger charge is 2.27. The van der Waals surface area contributed by atoms with Gasteiger partial charge in [-0.25, -0.2) is 4.79 Å². The largest absolute Gasteiger partial charge is 0.478 e. The second-order valence-electron chi connectivity index (χ2n) is 2.17. The van der Waals surface area contributed by atoms with Gasteiger partial charge >= 0.3 is 5.97 Å². The van der Waals surface area contributed by atoms with Crippen molar-refractivity contribution in [3.63, 3.8) is 0 Å². The highest BCUT2D eigenvalue weighted by atomic mass is 16.4. The Kier molecular flexibility index (Phi) is 4.39. The number of carboxylic acid groups (broad SMARTS) is 1. The molecule has 0 bridgehead atoms. The summed E-state index contributed by atoms with van der Waals surface area (Å²) >= 11 is 0. The van der Waals surface area contributed by atoms with Crippen LogP contribution in [0, 0.1) is 0 Å². The molecule has 0 spiro atoms. The van der Waals surface area contributed by atoms with Gasteiger partial charge in [0.05, 0.1) is 6.42 Å². The van der Waals surface area contributed by atoms with Gasteiger partial charge in [-0.15, -0.1) is 0 Å². The van der Waals surface area contributed by atoms with Crippen LogP contribution in [0.3, 0.4) is 0 Å². The van der Waals surface area contributed by atoms with E-state index in [4.69, 9.17) is 10.2 Å². The van der Waals surface area contributed by atoms with Gasteiger partial charge in [-0.2, -0.15) is 0 Å². The number of rotatable bonds is 1. The molecule has 0 aromatic carbocycles. The molecule has 0 aromatic heterocycles. The minimum absolute atomic E-state index is 0.0845. The van der Waals surface area contributed by atoms with E-state index in [1.165, 1.54) is 0 Å². The molecule has 1 saturated heterocycles. The zero-order valence-electron chi connectivity index (χ0n) is 6.69. The summed E-state index contributed by atoms with van der Waals surface area (Å²) in [5.74, 6) is -1.97. The average molecular weight is 187 g/mol. The molecular formula is C7H9NO5. The number of carbonyl (C=O) groups excluding carboxylic acids is 2. The normalized spacial score (nSPS) is 19.9. The van der Waals surface area contributed by atoms with Gasteiger partial charge in [0.2, 0.25) is 5.91 Å². The Hall–Kier alpha value is -1.69. The van der Waals surface area contributed by atoms with Gasteiger partial charge in [0.15, 0.2) is 0 Å². The lowest BCUT2D eigenvalue weighted by Crippen LogP contribution is -2.24. The van der Waals surface area contributed by atoms with Crippen LogP contribution in [0.4, 0.5) is 0 Å². The first-order valence-electron chi connectivity index (χ1n) is 3.34. The Morgan fingerprint density at radius 1 is 1.62 bits per heavy atom. The summed E-state index contributed by atoms with van der Waals surface area (Å²) in [7, 11) is 0. The lowest BCUT2D eigenvalue weighted by molar-refractivity contribution is -0.131. The molecule has 13 heavy (non-hydrogen) atoms. The summed E-state index contributed by atoms with van der Waals surface area (Å²) in [6.45, 7) is 2.96. The molecule has 6 nitrogen and oxygen atoms in total. The van der Waals surface area contributed by atoms with Crippen molar-refractivity contribution < 1.29 is 24.6 Å². The first kappa shape index (κ1) is 11.3. The van der Waals surface area contributed by atoms with Gasteiger partial charge in [0.1, 0.15) is 6.10 Å². The molecule has 1 heterocycles. The molecule has 1 aliphatic heterocycles. The quantitative estimate of drug-likeness (QED) is 0.348.